The molecular formula is C18H17N3O6S. The van der Waals surface area contributed by atoms with Crippen LogP contribution < -0.4 is 25.3 Å². The lowest BCUT2D eigenvalue weighted by molar-refractivity contribution is 0.174. The molecule has 1 aliphatic heterocycles. The molecule has 1 N–H and O–H groups in total. The first-order valence-electron chi connectivity index (χ1n) is 8.36. The van der Waals surface area contributed by atoms with Crippen molar-refractivity contribution in [3.63, 3.8) is 0 Å². The summed E-state index contributed by atoms with van der Waals surface area (Å²) in [6.07, 6.45) is 0. The number of nitrogens with one attached hydrogen (secondary N) is 1. The number of aromatic nitrogens is 2. The van der Waals surface area contributed by atoms with Crippen molar-refractivity contribution in [2.75, 3.05) is 6.79 Å². The van der Waals surface area contributed by atoms with E-state index in [1.807, 2.05) is 0 Å². The van der Waals surface area contributed by atoms with Gasteiger partial charge in [0, 0.05) is 20.6 Å². The number of aryl methyl sites for hydroxylation is 2. The molecule has 0 bridgehead atoms. The van der Waals surface area contributed by atoms with Gasteiger partial charge < -0.3 is 18.6 Å². The number of rotatable bonds is 4. The molecule has 0 aliphatic carbocycles. The van der Waals surface area contributed by atoms with Gasteiger partial charge in [0.15, 0.2) is 11.5 Å². The van der Waals surface area contributed by atoms with Crippen LogP contribution in [0.15, 0.2) is 50.9 Å². The summed E-state index contributed by atoms with van der Waals surface area (Å²) in [5.74, 6) is 1.19. The number of ether oxygens (including phenoxy) is 2. The van der Waals surface area contributed by atoms with E-state index in [9.17, 15) is 18.0 Å². The largest absolute Gasteiger partial charge is 0.454 e. The summed E-state index contributed by atoms with van der Waals surface area (Å²) in [5, 5.41) is 0. The summed E-state index contributed by atoms with van der Waals surface area (Å²) in [5.41, 5.74) is 0.118. The summed E-state index contributed by atoms with van der Waals surface area (Å²) in [7, 11) is -0.938. The predicted molar refractivity (Wildman–Crippen MR) is 101 cm³/mol. The number of benzene rings is 2. The van der Waals surface area contributed by atoms with Crippen LogP contribution >= 0.6 is 0 Å². The Labute approximate surface area is 159 Å². The van der Waals surface area contributed by atoms with Crippen LogP contribution in [0, 0.1) is 0 Å². The van der Waals surface area contributed by atoms with Crippen molar-refractivity contribution in [3.8, 4) is 11.5 Å². The topological polar surface area (TPSA) is 109 Å². The van der Waals surface area contributed by atoms with E-state index in [1.165, 1.54) is 36.9 Å². The van der Waals surface area contributed by atoms with Crippen molar-refractivity contribution < 1.29 is 17.9 Å². The summed E-state index contributed by atoms with van der Waals surface area (Å²) in [4.78, 5) is 23.9. The highest BCUT2D eigenvalue weighted by atomic mass is 32.2. The van der Waals surface area contributed by atoms with E-state index in [0.29, 0.717) is 28.1 Å². The van der Waals surface area contributed by atoms with Crippen molar-refractivity contribution in [2.45, 2.75) is 11.4 Å². The van der Waals surface area contributed by atoms with Gasteiger partial charge in [-0.25, -0.2) is 13.1 Å². The van der Waals surface area contributed by atoms with Gasteiger partial charge in [0.1, 0.15) is 0 Å². The van der Waals surface area contributed by atoms with Gasteiger partial charge >= 0.3 is 11.1 Å². The van der Waals surface area contributed by atoms with Gasteiger partial charge in [-0.15, -0.1) is 0 Å². The van der Waals surface area contributed by atoms with E-state index in [1.54, 1.807) is 18.2 Å². The minimum atomic E-state index is -3.84. The molecule has 2 aromatic carbocycles. The van der Waals surface area contributed by atoms with Crippen LogP contribution in [-0.2, 0) is 30.7 Å². The molecular weight excluding hydrogens is 386 g/mol. The number of hydrogen-bond donors (Lipinski definition) is 1. The second kappa shape index (κ2) is 6.50. The molecule has 0 saturated heterocycles. The van der Waals surface area contributed by atoms with E-state index in [4.69, 9.17) is 9.47 Å². The Balaban J connectivity index is 1.66. The van der Waals surface area contributed by atoms with Crippen molar-refractivity contribution in [3.05, 3.63) is 62.7 Å². The van der Waals surface area contributed by atoms with Crippen LogP contribution in [0.25, 0.3) is 11.0 Å². The Morgan fingerprint density at radius 2 is 1.61 bits per heavy atom. The van der Waals surface area contributed by atoms with Gasteiger partial charge in [-0.3, -0.25) is 9.59 Å². The van der Waals surface area contributed by atoms with Crippen LogP contribution in [0.4, 0.5) is 0 Å². The zero-order chi connectivity index (χ0) is 20.1. The highest BCUT2D eigenvalue weighted by molar-refractivity contribution is 7.89. The first kappa shape index (κ1) is 18.3. The fourth-order valence-electron chi connectivity index (χ4n) is 3.04. The van der Waals surface area contributed by atoms with Crippen LogP contribution in [0.2, 0.25) is 0 Å². The third-order valence-electron chi connectivity index (χ3n) is 4.68. The molecule has 0 saturated carbocycles. The van der Waals surface area contributed by atoms with Crippen LogP contribution in [0.5, 0.6) is 11.5 Å². The van der Waals surface area contributed by atoms with Gasteiger partial charge in [-0.2, -0.15) is 0 Å². The van der Waals surface area contributed by atoms with E-state index in [0.717, 1.165) is 4.57 Å². The van der Waals surface area contributed by atoms with Crippen molar-refractivity contribution in [1.29, 1.82) is 0 Å². The molecule has 2 heterocycles. The summed E-state index contributed by atoms with van der Waals surface area (Å²) < 4.78 is 40.8. The molecule has 146 valence electrons. The minimum absolute atomic E-state index is 0.00519. The molecule has 0 amide bonds. The number of fused-ring (bicyclic) bond motifs is 2. The summed E-state index contributed by atoms with van der Waals surface area (Å²) in [6, 6.07) is 9.45. The van der Waals surface area contributed by atoms with E-state index >= 15 is 0 Å². The Kier molecular flexibility index (Phi) is 4.24. The number of hydrogen-bond acceptors (Lipinski definition) is 6. The van der Waals surface area contributed by atoms with Gasteiger partial charge in [0.2, 0.25) is 16.8 Å². The highest BCUT2D eigenvalue weighted by Crippen LogP contribution is 2.32. The maximum atomic E-state index is 12.7. The molecule has 0 fully saturated rings. The number of nitrogens with zero attached hydrogens (tertiary/aromatic N) is 2. The highest BCUT2D eigenvalue weighted by Gasteiger charge is 2.18. The Bertz CT molecular complexity index is 1320. The first-order chi connectivity index (χ1) is 13.3. The maximum Gasteiger partial charge on any atom is 0.316 e. The molecule has 9 nitrogen and oxygen atoms in total. The zero-order valence-corrected chi connectivity index (χ0v) is 15.9. The Morgan fingerprint density at radius 1 is 0.929 bits per heavy atom. The lowest BCUT2D eigenvalue weighted by Crippen LogP contribution is -2.39. The monoisotopic (exact) mass is 403 g/mol. The third kappa shape index (κ3) is 2.96. The van der Waals surface area contributed by atoms with Crippen molar-refractivity contribution >= 4 is 21.1 Å². The minimum Gasteiger partial charge on any atom is -0.454 e. The molecule has 0 radical (unpaired) electrons. The molecule has 4 rings (SSSR count). The Morgan fingerprint density at radius 3 is 2.36 bits per heavy atom. The number of sulfonamides is 1. The third-order valence-corrected chi connectivity index (χ3v) is 6.07. The smallest absolute Gasteiger partial charge is 0.316 e. The van der Waals surface area contributed by atoms with Gasteiger partial charge in [0.25, 0.3) is 0 Å². The quantitative estimate of drug-likeness (QED) is 0.634. The fourth-order valence-corrected chi connectivity index (χ4v) is 4.08. The van der Waals surface area contributed by atoms with E-state index in [-0.39, 0.29) is 18.2 Å². The SMILES string of the molecule is Cn1c(=O)c(=O)n(C)c2cc(S(=O)(=O)NCc3ccc4c(c3)OCO4)ccc21. The van der Waals surface area contributed by atoms with Gasteiger partial charge in [-0.1, -0.05) is 6.07 Å². The van der Waals surface area contributed by atoms with Gasteiger partial charge in [0.05, 0.1) is 15.9 Å². The van der Waals surface area contributed by atoms with Crippen LogP contribution in [0.1, 0.15) is 5.56 Å². The van der Waals surface area contributed by atoms with E-state index < -0.39 is 21.1 Å². The average Bonchev–Trinajstić information content (AvgIpc) is 3.16. The maximum absolute atomic E-state index is 12.7. The summed E-state index contributed by atoms with van der Waals surface area (Å²) in [6.45, 7) is 0.200. The van der Waals surface area contributed by atoms with Gasteiger partial charge in [-0.05, 0) is 35.9 Å². The van der Waals surface area contributed by atoms with Crippen LogP contribution in [0.3, 0.4) is 0 Å². The Hall–Kier alpha value is -3.11. The normalized spacial score (nSPS) is 13.2. The van der Waals surface area contributed by atoms with Crippen molar-refractivity contribution in [2.24, 2.45) is 14.1 Å². The molecule has 0 unspecified atom stereocenters. The first-order valence-corrected chi connectivity index (χ1v) is 9.84. The molecule has 3 aromatic rings. The standard InChI is InChI=1S/C18H17N3O6S/c1-20-13-5-4-12(8-14(13)21(2)18(23)17(20)22)28(24,25)19-9-11-3-6-15-16(7-11)27-10-26-15/h3-8,19H,9-10H2,1-2H3. The molecule has 1 aliphatic rings. The zero-order valence-electron chi connectivity index (χ0n) is 15.1. The van der Waals surface area contributed by atoms with Crippen molar-refractivity contribution in [1.82, 2.24) is 13.9 Å². The molecule has 0 spiro atoms. The second-order valence-corrected chi connectivity index (χ2v) is 8.16. The molecule has 10 heteroatoms. The second-order valence-electron chi connectivity index (χ2n) is 6.39. The van der Waals surface area contributed by atoms with Crippen LogP contribution in [-0.4, -0.2) is 24.3 Å². The lowest BCUT2D eigenvalue weighted by Gasteiger charge is -2.12. The lowest BCUT2D eigenvalue weighted by atomic mass is 10.2. The van der Waals surface area contributed by atoms with E-state index in [2.05, 4.69) is 4.72 Å². The fraction of sp³-hybridized carbons (Fsp3) is 0.222. The summed E-state index contributed by atoms with van der Waals surface area (Å²) >= 11 is 0. The average molecular weight is 403 g/mol. The molecule has 0 atom stereocenters. The molecule has 1 aromatic heterocycles. The molecule has 28 heavy (non-hydrogen) atoms. The predicted octanol–water partition coefficient (Wildman–Crippen LogP) is 0.444.